The third-order valence-corrected chi connectivity index (χ3v) is 4.87. The number of pyridine rings is 1. The predicted octanol–water partition coefficient (Wildman–Crippen LogP) is 2.86. The number of nitrogens with zero attached hydrogens (tertiary/aromatic N) is 3. The number of amides is 1. The zero-order valence-electron chi connectivity index (χ0n) is 11.5. The number of carbonyl (C=O) groups excluding carboxylic acids is 1. The van der Waals surface area contributed by atoms with Crippen LogP contribution in [0.5, 0.6) is 0 Å². The van der Waals surface area contributed by atoms with E-state index in [0.717, 1.165) is 37.2 Å². The first-order valence-corrected chi connectivity index (χ1v) is 8.54. The second kappa shape index (κ2) is 6.68. The molecule has 1 saturated heterocycles. The van der Waals surface area contributed by atoms with E-state index in [9.17, 15) is 4.79 Å². The van der Waals surface area contributed by atoms with E-state index < -0.39 is 0 Å². The lowest BCUT2D eigenvalue weighted by atomic mass is 10.2. The summed E-state index contributed by atoms with van der Waals surface area (Å²) in [4.78, 5) is 22.2. The van der Waals surface area contributed by atoms with Crippen LogP contribution in [-0.2, 0) is 6.54 Å². The first kappa shape index (κ1) is 14.7. The number of hydrogen-bond acceptors (Lipinski definition) is 4. The summed E-state index contributed by atoms with van der Waals surface area (Å²) in [6.45, 7) is 4.38. The zero-order chi connectivity index (χ0) is 14.7. The van der Waals surface area contributed by atoms with E-state index in [1.165, 1.54) is 4.88 Å². The van der Waals surface area contributed by atoms with Crippen LogP contribution in [0, 0.1) is 0 Å². The summed E-state index contributed by atoms with van der Waals surface area (Å²) in [5.74, 6) is 0.0690. The minimum atomic E-state index is 0.0690. The van der Waals surface area contributed by atoms with E-state index in [-0.39, 0.29) is 5.91 Å². The summed E-state index contributed by atoms with van der Waals surface area (Å²) in [5, 5.41) is 2.11. The maximum atomic E-state index is 12.4. The van der Waals surface area contributed by atoms with Gasteiger partial charge in [-0.2, -0.15) is 0 Å². The molecule has 6 heteroatoms. The van der Waals surface area contributed by atoms with Crippen LogP contribution in [-0.4, -0.2) is 46.9 Å². The van der Waals surface area contributed by atoms with Crippen molar-refractivity contribution in [1.29, 1.82) is 0 Å². The summed E-state index contributed by atoms with van der Waals surface area (Å²) in [6.07, 6.45) is 3.32. The molecular formula is C15H16BrN3OS. The summed E-state index contributed by atoms with van der Waals surface area (Å²) < 4.78 is 0.838. The Morgan fingerprint density at radius 1 is 1.29 bits per heavy atom. The van der Waals surface area contributed by atoms with Gasteiger partial charge in [-0.05, 0) is 33.4 Å². The van der Waals surface area contributed by atoms with Gasteiger partial charge in [-0.15, -0.1) is 11.3 Å². The molecule has 2 aromatic rings. The lowest BCUT2D eigenvalue weighted by Gasteiger charge is -2.34. The Morgan fingerprint density at radius 2 is 2.10 bits per heavy atom. The second-order valence-electron chi connectivity index (χ2n) is 5.04. The molecule has 0 unspecified atom stereocenters. The Kier molecular flexibility index (Phi) is 4.67. The normalized spacial score (nSPS) is 16.1. The van der Waals surface area contributed by atoms with Crippen molar-refractivity contribution in [3.63, 3.8) is 0 Å². The van der Waals surface area contributed by atoms with Crippen molar-refractivity contribution in [2.45, 2.75) is 6.54 Å². The molecule has 2 aromatic heterocycles. The highest BCUT2D eigenvalue weighted by Gasteiger charge is 2.22. The molecule has 0 radical (unpaired) electrons. The third kappa shape index (κ3) is 3.70. The average Bonchev–Trinajstić information content (AvgIpc) is 3.00. The zero-order valence-corrected chi connectivity index (χ0v) is 13.9. The maximum Gasteiger partial charge on any atom is 0.255 e. The maximum absolute atomic E-state index is 12.4. The molecule has 0 aromatic carbocycles. The van der Waals surface area contributed by atoms with Crippen molar-refractivity contribution in [3.05, 3.63) is 50.9 Å². The number of hydrogen-bond donors (Lipinski definition) is 0. The van der Waals surface area contributed by atoms with Gasteiger partial charge in [-0.25, -0.2) is 0 Å². The molecule has 0 aliphatic carbocycles. The van der Waals surface area contributed by atoms with E-state index in [2.05, 4.69) is 43.3 Å². The van der Waals surface area contributed by atoms with Gasteiger partial charge in [0.05, 0.1) is 5.56 Å². The van der Waals surface area contributed by atoms with Crippen molar-refractivity contribution in [2.75, 3.05) is 26.2 Å². The van der Waals surface area contributed by atoms with Crippen molar-refractivity contribution >= 4 is 33.2 Å². The first-order valence-electron chi connectivity index (χ1n) is 6.87. The van der Waals surface area contributed by atoms with Gasteiger partial charge < -0.3 is 4.90 Å². The number of carbonyl (C=O) groups is 1. The molecule has 3 rings (SSSR count). The Labute approximate surface area is 136 Å². The molecule has 0 spiro atoms. The van der Waals surface area contributed by atoms with Crippen molar-refractivity contribution in [2.24, 2.45) is 0 Å². The van der Waals surface area contributed by atoms with Crippen molar-refractivity contribution in [3.8, 4) is 0 Å². The van der Waals surface area contributed by atoms with Gasteiger partial charge in [0.15, 0.2) is 0 Å². The van der Waals surface area contributed by atoms with Crippen LogP contribution in [0.2, 0.25) is 0 Å². The Hall–Kier alpha value is -1.24. The quantitative estimate of drug-likeness (QED) is 0.838. The fourth-order valence-electron chi connectivity index (χ4n) is 2.44. The van der Waals surface area contributed by atoms with E-state index in [0.29, 0.717) is 5.56 Å². The Bertz CT molecular complexity index is 609. The van der Waals surface area contributed by atoms with Gasteiger partial charge in [0.1, 0.15) is 0 Å². The third-order valence-electron chi connectivity index (χ3n) is 3.57. The largest absolute Gasteiger partial charge is 0.336 e. The highest BCUT2D eigenvalue weighted by Crippen LogP contribution is 2.16. The lowest BCUT2D eigenvalue weighted by molar-refractivity contribution is 0.0629. The molecule has 3 heterocycles. The Balaban J connectivity index is 1.57. The van der Waals surface area contributed by atoms with E-state index in [1.54, 1.807) is 23.7 Å². The van der Waals surface area contributed by atoms with Gasteiger partial charge in [-0.3, -0.25) is 14.7 Å². The predicted molar refractivity (Wildman–Crippen MR) is 87.4 cm³/mol. The number of rotatable bonds is 3. The van der Waals surface area contributed by atoms with Gasteiger partial charge in [0.2, 0.25) is 0 Å². The highest BCUT2D eigenvalue weighted by molar-refractivity contribution is 9.10. The van der Waals surface area contributed by atoms with Crippen LogP contribution in [0.15, 0.2) is 40.4 Å². The topological polar surface area (TPSA) is 36.4 Å². The van der Waals surface area contributed by atoms with Crippen LogP contribution in [0.1, 0.15) is 15.2 Å². The summed E-state index contributed by atoms with van der Waals surface area (Å²) in [7, 11) is 0. The average molecular weight is 366 g/mol. The number of halogens is 1. The highest BCUT2D eigenvalue weighted by atomic mass is 79.9. The SMILES string of the molecule is O=C(c1cncc(Br)c1)N1CCN(Cc2cccs2)CC1. The lowest BCUT2D eigenvalue weighted by Crippen LogP contribution is -2.48. The molecule has 4 nitrogen and oxygen atoms in total. The van der Waals surface area contributed by atoms with Crippen molar-refractivity contribution < 1.29 is 4.79 Å². The Morgan fingerprint density at radius 3 is 2.76 bits per heavy atom. The van der Waals surface area contributed by atoms with E-state index >= 15 is 0 Å². The molecule has 0 atom stereocenters. The number of thiophene rings is 1. The molecule has 0 saturated carbocycles. The minimum Gasteiger partial charge on any atom is -0.336 e. The summed E-state index contributed by atoms with van der Waals surface area (Å²) in [6, 6.07) is 6.07. The molecule has 1 aliphatic heterocycles. The molecule has 21 heavy (non-hydrogen) atoms. The van der Waals surface area contributed by atoms with Crippen LogP contribution >= 0.6 is 27.3 Å². The smallest absolute Gasteiger partial charge is 0.255 e. The van der Waals surface area contributed by atoms with E-state index in [4.69, 9.17) is 0 Å². The summed E-state index contributed by atoms with van der Waals surface area (Å²) >= 11 is 5.14. The fraction of sp³-hybridized carbons (Fsp3) is 0.333. The number of piperazine rings is 1. The van der Waals surface area contributed by atoms with Gasteiger partial charge in [-0.1, -0.05) is 6.07 Å². The molecule has 1 amide bonds. The summed E-state index contributed by atoms with van der Waals surface area (Å²) in [5.41, 5.74) is 0.649. The van der Waals surface area contributed by atoms with Crippen molar-refractivity contribution in [1.82, 2.24) is 14.8 Å². The second-order valence-corrected chi connectivity index (χ2v) is 6.99. The molecule has 1 aliphatic rings. The molecule has 0 N–H and O–H groups in total. The van der Waals surface area contributed by atoms with Crippen LogP contribution in [0.4, 0.5) is 0 Å². The van der Waals surface area contributed by atoms with Gasteiger partial charge >= 0.3 is 0 Å². The standard InChI is InChI=1S/C15H16BrN3OS/c16-13-8-12(9-17-10-13)15(20)19-5-3-18(4-6-19)11-14-2-1-7-21-14/h1-2,7-10H,3-6,11H2. The van der Waals surface area contributed by atoms with E-state index in [1.807, 2.05) is 11.0 Å². The minimum absolute atomic E-state index is 0.0690. The van der Waals surface area contributed by atoms with Gasteiger partial charge in [0.25, 0.3) is 5.91 Å². The molecule has 1 fully saturated rings. The van der Waals surface area contributed by atoms with Crippen LogP contribution in [0.25, 0.3) is 0 Å². The molecule has 0 bridgehead atoms. The van der Waals surface area contributed by atoms with Gasteiger partial charge in [0, 0.05) is 54.5 Å². The number of aromatic nitrogens is 1. The van der Waals surface area contributed by atoms with Crippen LogP contribution in [0.3, 0.4) is 0 Å². The van der Waals surface area contributed by atoms with Crippen LogP contribution < -0.4 is 0 Å². The first-order chi connectivity index (χ1) is 10.2. The molecule has 110 valence electrons. The fourth-order valence-corrected chi connectivity index (χ4v) is 3.55. The molecular weight excluding hydrogens is 350 g/mol. The monoisotopic (exact) mass is 365 g/mol.